The number of benzene rings is 1. The average Bonchev–Trinajstić information content (AvgIpc) is 3.23. The van der Waals surface area contributed by atoms with Crippen LogP contribution in [0, 0.1) is 0 Å². The molecule has 0 spiro atoms. The molecule has 1 fully saturated rings. The molecule has 0 atom stereocenters. The molecule has 0 N–H and O–H groups in total. The number of thiophene rings is 1. The number of fused-ring (bicyclic) bond motifs is 1. The summed E-state index contributed by atoms with van der Waals surface area (Å²) in [5, 5.41) is 11.6. The summed E-state index contributed by atoms with van der Waals surface area (Å²) in [5.74, 6) is 2.59. The Morgan fingerprint density at radius 2 is 2.04 bits per heavy atom. The van der Waals surface area contributed by atoms with Crippen molar-refractivity contribution in [3.63, 3.8) is 0 Å². The number of nitrogens with zero attached hydrogens (tertiary/aromatic N) is 3. The maximum atomic E-state index is 12.7. The van der Waals surface area contributed by atoms with E-state index in [2.05, 4.69) is 20.8 Å². The van der Waals surface area contributed by atoms with Gasteiger partial charge in [-0.05, 0) is 42.5 Å². The minimum absolute atomic E-state index is 0.0417. The fourth-order valence-electron chi connectivity index (χ4n) is 3.04. The van der Waals surface area contributed by atoms with Gasteiger partial charge in [0.05, 0.1) is 10.6 Å². The summed E-state index contributed by atoms with van der Waals surface area (Å²) in [4.78, 5) is 13.8. The minimum atomic E-state index is 0.0417. The number of hydrogen-bond acceptors (Lipinski definition) is 7. The van der Waals surface area contributed by atoms with Crippen LogP contribution >= 0.6 is 23.1 Å². The maximum absolute atomic E-state index is 12.7. The second-order valence-corrected chi connectivity index (χ2v) is 8.35. The molecule has 2 aromatic heterocycles. The van der Waals surface area contributed by atoms with Crippen LogP contribution in [0.15, 0.2) is 40.9 Å². The topological polar surface area (TPSA) is 66.2 Å². The first-order chi connectivity index (χ1) is 13.3. The van der Waals surface area contributed by atoms with E-state index in [0.717, 1.165) is 28.7 Å². The molecule has 0 unspecified atom stereocenters. The monoisotopic (exact) mass is 399 g/mol. The highest BCUT2D eigenvalue weighted by Crippen LogP contribution is 2.42. The Bertz CT molecular complexity index is 980. The van der Waals surface area contributed by atoms with E-state index in [0.29, 0.717) is 42.1 Å². The molecule has 0 amide bonds. The normalized spacial score (nSPS) is 15.7. The molecule has 1 aromatic carbocycles. The van der Waals surface area contributed by atoms with Crippen molar-refractivity contribution in [3.8, 4) is 22.2 Å². The van der Waals surface area contributed by atoms with Crippen LogP contribution in [0.5, 0.6) is 11.5 Å². The highest BCUT2D eigenvalue weighted by molar-refractivity contribution is 7.99. The van der Waals surface area contributed by atoms with Crippen molar-refractivity contribution in [2.45, 2.75) is 24.0 Å². The van der Waals surface area contributed by atoms with E-state index in [1.165, 1.54) is 11.8 Å². The zero-order valence-electron chi connectivity index (χ0n) is 14.5. The zero-order valence-corrected chi connectivity index (χ0v) is 16.1. The second-order valence-electron chi connectivity index (χ2n) is 6.45. The molecule has 1 saturated carbocycles. The van der Waals surface area contributed by atoms with Gasteiger partial charge < -0.3 is 9.47 Å². The van der Waals surface area contributed by atoms with Crippen LogP contribution in [0.25, 0.3) is 10.7 Å². The standard InChI is InChI=1S/C19H17N3O3S2/c23-14(12-3-6-15-16(10-12)25-8-7-24-15)11-27-19-21-20-18(17-2-1-9-26-17)22(19)13-4-5-13/h1-3,6,9-10,13H,4-5,7-8,11H2. The molecule has 138 valence electrons. The number of hydrogen-bond donors (Lipinski definition) is 0. The summed E-state index contributed by atoms with van der Waals surface area (Å²) in [6.07, 6.45) is 2.28. The van der Waals surface area contributed by atoms with Gasteiger partial charge in [-0.2, -0.15) is 0 Å². The number of ketones is 1. The molecule has 8 heteroatoms. The molecule has 1 aliphatic carbocycles. The summed E-state index contributed by atoms with van der Waals surface area (Å²) in [6.45, 7) is 1.05. The summed E-state index contributed by atoms with van der Waals surface area (Å²) in [5.41, 5.74) is 0.628. The first-order valence-electron chi connectivity index (χ1n) is 8.84. The Balaban J connectivity index is 1.34. The van der Waals surface area contributed by atoms with Crippen LogP contribution in [0.2, 0.25) is 0 Å². The van der Waals surface area contributed by atoms with Gasteiger partial charge >= 0.3 is 0 Å². The van der Waals surface area contributed by atoms with Crippen molar-refractivity contribution in [2.24, 2.45) is 0 Å². The number of Topliss-reactive ketones (excluding diaryl/α,β-unsaturated/α-hetero) is 1. The van der Waals surface area contributed by atoms with Gasteiger partial charge in [-0.25, -0.2) is 0 Å². The Hall–Kier alpha value is -2.32. The fraction of sp³-hybridized carbons (Fsp3) is 0.316. The maximum Gasteiger partial charge on any atom is 0.192 e. The molecule has 3 heterocycles. The van der Waals surface area contributed by atoms with E-state index in [4.69, 9.17) is 9.47 Å². The van der Waals surface area contributed by atoms with Crippen LogP contribution in [0.1, 0.15) is 29.2 Å². The van der Waals surface area contributed by atoms with Crippen molar-refractivity contribution in [3.05, 3.63) is 41.3 Å². The molecule has 5 rings (SSSR count). The molecule has 6 nitrogen and oxygen atoms in total. The predicted molar refractivity (Wildman–Crippen MR) is 104 cm³/mol. The van der Waals surface area contributed by atoms with E-state index < -0.39 is 0 Å². The fourth-order valence-corrected chi connectivity index (χ4v) is 4.65. The van der Waals surface area contributed by atoms with Gasteiger partial charge in [0.25, 0.3) is 0 Å². The van der Waals surface area contributed by atoms with Crippen molar-refractivity contribution < 1.29 is 14.3 Å². The minimum Gasteiger partial charge on any atom is -0.486 e. The van der Waals surface area contributed by atoms with Crippen molar-refractivity contribution in [1.82, 2.24) is 14.8 Å². The van der Waals surface area contributed by atoms with Gasteiger partial charge in [0.15, 0.2) is 28.3 Å². The lowest BCUT2D eigenvalue weighted by atomic mass is 10.1. The molecular formula is C19H17N3O3S2. The van der Waals surface area contributed by atoms with E-state index in [1.54, 1.807) is 29.5 Å². The van der Waals surface area contributed by atoms with Gasteiger partial charge in [-0.15, -0.1) is 21.5 Å². The molecule has 0 saturated heterocycles. The van der Waals surface area contributed by atoms with E-state index in [9.17, 15) is 4.79 Å². The van der Waals surface area contributed by atoms with Crippen molar-refractivity contribution in [2.75, 3.05) is 19.0 Å². The van der Waals surface area contributed by atoms with Gasteiger partial charge in [-0.1, -0.05) is 17.8 Å². The average molecular weight is 399 g/mol. The molecule has 3 aromatic rings. The molecular weight excluding hydrogens is 382 g/mol. The first-order valence-corrected chi connectivity index (χ1v) is 10.7. The Morgan fingerprint density at radius 3 is 2.81 bits per heavy atom. The Labute approximate surface area is 164 Å². The highest BCUT2D eigenvalue weighted by Gasteiger charge is 2.30. The zero-order chi connectivity index (χ0) is 18.2. The molecule has 2 aliphatic rings. The van der Waals surface area contributed by atoms with Crippen LogP contribution in [-0.4, -0.2) is 39.5 Å². The third-order valence-corrected chi connectivity index (χ3v) is 6.32. The number of rotatable bonds is 6. The van der Waals surface area contributed by atoms with Crippen molar-refractivity contribution in [1.29, 1.82) is 0 Å². The van der Waals surface area contributed by atoms with Crippen LogP contribution in [0.4, 0.5) is 0 Å². The summed E-state index contributed by atoms with van der Waals surface area (Å²) >= 11 is 3.10. The summed E-state index contributed by atoms with van der Waals surface area (Å²) in [6, 6.07) is 9.88. The summed E-state index contributed by atoms with van der Waals surface area (Å²) in [7, 11) is 0. The predicted octanol–water partition coefficient (Wildman–Crippen LogP) is 4.09. The smallest absolute Gasteiger partial charge is 0.192 e. The lowest BCUT2D eigenvalue weighted by Gasteiger charge is -2.18. The van der Waals surface area contributed by atoms with E-state index in [1.807, 2.05) is 11.4 Å². The van der Waals surface area contributed by atoms with Gasteiger partial charge in [0.2, 0.25) is 0 Å². The number of thioether (sulfide) groups is 1. The molecule has 0 bridgehead atoms. The van der Waals surface area contributed by atoms with Gasteiger partial charge in [0.1, 0.15) is 13.2 Å². The Morgan fingerprint density at radius 1 is 1.19 bits per heavy atom. The second kappa shape index (κ2) is 7.01. The number of carbonyl (C=O) groups excluding carboxylic acids is 1. The lowest BCUT2D eigenvalue weighted by Crippen LogP contribution is -2.16. The van der Waals surface area contributed by atoms with E-state index in [-0.39, 0.29) is 5.78 Å². The van der Waals surface area contributed by atoms with Crippen LogP contribution < -0.4 is 9.47 Å². The van der Waals surface area contributed by atoms with Gasteiger partial charge in [0, 0.05) is 11.6 Å². The first kappa shape index (κ1) is 16.8. The summed E-state index contributed by atoms with van der Waals surface area (Å²) < 4.78 is 13.3. The van der Waals surface area contributed by atoms with E-state index >= 15 is 0 Å². The largest absolute Gasteiger partial charge is 0.486 e. The molecule has 0 radical (unpaired) electrons. The van der Waals surface area contributed by atoms with Crippen molar-refractivity contribution >= 4 is 28.9 Å². The molecule has 27 heavy (non-hydrogen) atoms. The highest BCUT2D eigenvalue weighted by atomic mass is 32.2. The Kier molecular flexibility index (Phi) is 4.37. The quantitative estimate of drug-likeness (QED) is 0.459. The van der Waals surface area contributed by atoms with Crippen LogP contribution in [-0.2, 0) is 0 Å². The van der Waals surface area contributed by atoms with Crippen LogP contribution in [0.3, 0.4) is 0 Å². The number of aromatic nitrogens is 3. The molecule has 1 aliphatic heterocycles. The number of carbonyl (C=O) groups is 1. The third-order valence-electron chi connectivity index (χ3n) is 4.51. The lowest BCUT2D eigenvalue weighted by molar-refractivity contribution is 0.102. The SMILES string of the molecule is O=C(CSc1nnc(-c2cccs2)n1C1CC1)c1ccc2c(c1)OCCO2. The third kappa shape index (κ3) is 3.35. The van der Waals surface area contributed by atoms with Gasteiger partial charge in [-0.3, -0.25) is 9.36 Å². The number of ether oxygens (including phenoxy) is 2.